The first-order chi connectivity index (χ1) is 8.41. The Morgan fingerprint density at radius 3 is 2.67 bits per heavy atom. The van der Waals surface area contributed by atoms with Gasteiger partial charge in [-0.3, -0.25) is 0 Å². The van der Waals surface area contributed by atoms with Gasteiger partial charge in [0.1, 0.15) is 0 Å². The molecule has 5 heteroatoms. The van der Waals surface area contributed by atoms with E-state index < -0.39 is 10.0 Å². The van der Waals surface area contributed by atoms with E-state index in [0.717, 1.165) is 18.7 Å². The lowest BCUT2D eigenvalue weighted by Crippen LogP contribution is -2.23. The van der Waals surface area contributed by atoms with Crippen molar-refractivity contribution >= 4 is 10.0 Å². The van der Waals surface area contributed by atoms with E-state index in [1.165, 1.54) is 5.56 Å². The minimum absolute atomic E-state index is 0.0789. The van der Waals surface area contributed by atoms with Crippen LogP contribution in [0.25, 0.3) is 0 Å². The number of piperidine rings is 1. The summed E-state index contributed by atoms with van der Waals surface area (Å²) in [6.45, 7) is 4.42. The lowest BCUT2D eigenvalue weighted by atomic mass is 9.91. The monoisotopic (exact) mass is 266 g/mol. The van der Waals surface area contributed by atoms with E-state index in [9.17, 15) is 8.42 Å². The van der Waals surface area contributed by atoms with E-state index in [-0.39, 0.29) is 11.2 Å². The normalized spacial score (nSPS) is 34.3. The minimum atomic E-state index is -3.45. The highest BCUT2D eigenvalue weighted by Gasteiger charge is 2.63. The highest BCUT2D eigenvalue weighted by Crippen LogP contribution is 2.61. The number of benzene rings is 1. The van der Waals surface area contributed by atoms with Crippen molar-refractivity contribution in [2.24, 2.45) is 17.0 Å². The summed E-state index contributed by atoms with van der Waals surface area (Å²) in [4.78, 5) is 0. The van der Waals surface area contributed by atoms with Crippen LogP contribution < -0.4 is 10.5 Å². The predicted molar refractivity (Wildman–Crippen MR) is 70.5 cm³/mol. The standard InChI is InChI=1S/C13H18N2O2S/c1-13(11-6-15-7-12(11)13)10-4-2-3-9(5-10)8-18(14,16)17/h2-5,11-12,15H,6-8H2,1H3,(H2,14,16,17). The molecule has 1 aromatic carbocycles. The van der Waals surface area contributed by atoms with Crippen molar-refractivity contribution < 1.29 is 8.42 Å². The maximum absolute atomic E-state index is 11.1. The molecule has 0 aromatic heterocycles. The summed E-state index contributed by atoms with van der Waals surface area (Å²) in [6.07, 6.45) is 0. The van der Waals surface area contributed by atoms with Gasteiger partial charge in [0.15, 0.2) is 0 Å². The highest BCUT2D eigenvalue weighted by molar-refractivity contribution is 7.88. The third-order valence-electron chi connectivity index (χ3n) is 4.56. The van der Waals surface area contributed by atoms with Crippen molar-refractivity contribution in [3.8, 4) is 0 Å². The molecular weight excluding hydrogens is 248 g/mol. The number of nitrogens with two attached hydrogens (primary N) is 1. The average Bonchev–Trinajstić information content (AvgIpc) is 2.68. The third-order valence-corrected chi connectivity index (χ3v) is 5.30. The Morgan fingerprint density at radius 1 is 1.39 bits per heavy atom. The molecule has 1 saturated carbocycles. The van der Waals surface area contributed by atoms with Gasteiger partial charge in [0.05, 0.1) is 5.75 Å². The third kappa shape index (κ3) is 1.86. The minimum Gasteiger partial charge on any atom is -0.316 e. The summed E-state index contributed by atoms with van der Waals surface area (Å²) in [5.41, 5.74) is 2.26. The second-order valence-corrected chi connectivity index (χ2v) is 7.28. The molecule has 1 aliphatic carbocycles. The van der Waals surface area contributed by atoms with Crippen LogP contribution in [-0.4, -0.2) is 21.5 Å². The lowest BCUT2D eigenvalue weighted by molar-refractivity contribution is 0.558. The summed E-state index contributed by atoms with van der Waals surface area (Å²) >= 11 is 0. The Balaban J connectivity index is 1.88. The molecule has 1 aliphatic heterocycles. The Hall–Kier alpha value is -0.910. The molecule has 0 amide bonds. The first-order valence-electron chi connectivity index (χ1n) is 6.22. The van der Waals surface area contributed by atoms with Gasteiger partial charge in [-0.25, -0.2) is 13.6 Å². The van der Waals surface area contributed by atoms with Crippen LogP contribution in [0.3, 0.4) is 0 Å². The second-order valence-electron chi connectivity index (χ2n) is 5.66. The molecule has 18 heavy (non-hydrogen) atoms. The zero-order valence-electron chi connectivity index (χ0n) is 10.4. The van der Waals surface area contributed by atoms with Gasteiger partial charge in [-0.15, -0.1) is 0 Å². The molecule has 3 rings (SSSR count). The molecular formula is C13H18N2O2S. The molecule has 1 aromatic rings. The molecule has 4 nitrogen and oxygen atoms in total. The summed E-state index contributed by atoms with van der Waals surface area (Å²) in [5, 5.41) is 8.48. The van der Waals surface area contributed by atoms with Gasteiger partial charge < -0.3 is 5.32 Å². The molecule has 2 atom stereocenters. The first kappa shape index (κ1) is 12.1. The van der Waals surface area contributed by atoms with Crippen LogP contribution in [-0.2, 0) is 21.2 Å². The lowest BCUT2D eigenvalue weighted by Gasteiger charge is -2.17. The van der Waals surface area contributed by atoms with Crippen LogP contribution in [0.5, 0.6) is 0 Å². The van der Waals surface area contributed by atoms with Crippen LogP contribution in [0.2, 0.25) is 0 Å². The fourth-order valence-electron chi connectivity index (χ4n) is 3.46. The molecule has 0 radical (unpaired) electrons. The number of rotatable bonds is 3. The van der Waals surface area contributed by atoms with Gasteiger partial charge in [-0.2, -0.15) is 0 Å². The van der Waals surface area contributed by atoms with Crippen molar-refractivity contribution in [2.75, 3.05) is 13.1 Å². The molecule has 0 spiro atoms. The van der Waals surface area contributed by atoms with Crippen LogP contribution in [0.4, 0.5) is 0 Å². The number of hydrogen-bond acceptors (Lipinski definition) is 3. The van der Waals surface area contributed by atoms with Crippen molar-refractivity contribution in [2.45, 2.75) is 18.1 Å². The predicted octanol–water partition coefficient (Wildman–Crippen LogP) is 0.582. The number of fused-ring (bicyclic) bond motifs is 1. The zero-order valence-corrected chi connectivity index (χ0v) is 11.2. The van der Waals surface area contributed by atoms with Crippen molar-refractivity contribution in [3.05, 3.63) is 35.4 Å². The summed E-state index contributed by atoms with van der Waals surface area (Å²) in [7, 11) is -3.45. The number of hydrogen-bond donors (Lipinski definition) is 2. The van der Waals surface area contributed by atoms with Crippen LogP contribution in [0.15, 0.2) is 24.3 Å². The largest absolute Gasteiger partial charge is 0.316 e. The molecule has 2 unspecified atom stereocenters. The molecule has 1 saturated heterocycles. The number of sulfonamides is 1. The smallest absolute Gasteiger partial charge is 0.213 e. The molecule has 98 valence electrons. The Labute approximate surface area is 108 Å². The first-order valence-corrected chi connectivity index (χ1v) is 7.93. The fourth-order valence-corrected chi connectivity index (χ4v) is 4.10. The summed E-state index contributed by atoms with van der Waals surface area (Å²) < 4.78 is 22.3. The second kappa shape index (κ2) is 3.79. The summed E-state index contributed by atoms with van der Waals surface area (Å²) in [5.74, 6) is 1.31. The highest BCUT2D eigenvalue weighted by atomic mass is 32.2. The number of nitrogens with one attached hydrogen (secondary N) is 1. The van der Waals surface area contributed by atoms with Crippen molar-refractivity contribution in [1.29, 1.82) is 0 Å². The van der Waals surface area contributed by atoms with Crippen LogP contribution in [0.1, 0.15) is 18.1 Å². The van der Waals surface area contributed by atoms with E-state index in [0.29, 0.717) is 11.8 Å². The zero-order chi connectivity index (χ0) is 13.0. The van der Waals surface area contributed by atoms with E-state index >= 15 is 0 Å². The SMILES string of the molecule is CC1(c2cccc(CS(N)(=O)=O)c2)C2CNCC21. The number of primary sulfonamides is 1. The van der Waals surface area contributed by atoms with E-state index in [1.54, 1.807) is 0 Å². The van der Waals surface area contributed by atoms with Gasteiger partial charge in [0.25, 0.3) is 0 Å². The van der Waals surface area contributed by atoms with Gasteiger partial charge >= 0.3 is 0 Å². The van der Waals surface area contributed by atoms with E-state index in [1.807, 2.05) is 18.2 Å². The average molecular weight is 266 g/mol. The maximum atomic E-state index is 11.1. The molecule has 3 N–H and O–H groups in total. The Kier molecular flexibility index (Phi) is 2.56. The van der Waals surface area contributed by atoms with E-state index in [4.69, 9.17) is 5.14 Å². The Bertz CT molecular complexity index is 572. The van der Waals surface area contributed by atoms with Crippen LogP contribution in [0, 0.1) is 11.8 Å². The van der Waals surface area contributed by atoms with Gasteiger partial charge in [0.2, 0.25) is 10.0 Å². The molecule has 0 bridgehead atoms. The van der Waals surface area contributed by atoms with Crippen molar-refractivity contribution in [1.82, 2.24) is 5.32 Å². The molecule has 2 aliphatic rings. The topological polar surface area (TPSA) is 72.2 Å². The van der Waals surface area contributed by atoms with E-state index in [2.05, 4.69) is 18.3 Å². The molecule has 1 heterocycles. The fraction of sp³-hybridized carbons (Fsp3) is 0.538. The van der Waals surface area contributed by atoms with Gasteiger partial charge in [0, 0.05) is 5.41 Å². The maximum Gasteiger partial charge on any atom is 0.213 e. The quantitative estimate of drug-likeness (QED) is 0.840. The van der Waals surface area contributed by atoms with Gasteiger partial charge in [-0.1, -0.05) is 31.2 Å². The summed E-state index contributed by atoms with van der Waals surface area (Å²) in [6, 6.07) is 7.87. The van der Waals surface area contributed by atoms with Crippen molar-refractivity contribution in [3.63, 3.8) is 0 Å². The molecule has 2 fully saturated rings. The van der Waals surface area contributed by atoms with Crippen LogP contribution >= 0.6 is 0 Å². The van der Waals surface area contributed by atoms with Gasteiger partial charge in [-0.05, 0) is 36.1 Å². The Morgan fingerprint density at radius 2 is 2.06 bits per heavy atom.